The molecule has 2 unspecified atom stereocenters. The fourth-order valence-electron chi connectivity index (χ4n) is 3.54. The number of hydrogen-bond acceptors (Lipinski definition) is 4. The minimum atomic E-state index is -0.560. The Morgan fingerprint density at radius 1 is 1.08 bits per heavy atom. The van der Waals surface area contributed by atoms with Crippen LogP contribution in [0.4, 0.5) is 0 Å². The van der Waals surface area contributed by atoms with Crippen LogP contribution in [0.5, 0.6) is 11.5 Å². The van der Waals surface area contributed by atoms with Gasteiger partial charge in [-0.3, -0.25) is 9.59 Å². The van der Waals surface area contributed by atoms with E-state index in [9.17, 15) is 14.7 Å². The Morgan fingerprint density at radius 2 is 1.81 bits per heavy atom. The highest BCUT2D eigenvalue weighted by Gasteiger charge is 2.48. The summed E-state index contributed by atoms with van der Waals surface area (Å²) in [5.74, 6) is -1.02. The molecule has 2 aromatic rings. The Morgan fingerprint density at radius 3 is 2.46 bits per heavy atom. The second-order valence-corrected chi connectivity index (χ2v) is 6.48. The predicted octanol–water partition coefficient (Wildman–Crippen LogP) is 3.44. The summed E-state index contributed by atoms with van der Waals surface area (Å²) in [6, 6.07) is 14.0. The van der Waals surface area contributed by atoms with Crippen molar-refractivity contribution in [3.8, 4) is 11.5 Å². The van der Waals surface area contributed by atoms with Crippen molar-refractivity contribution < 1.29 is 19.4 Å². The van der Waals surface area contributed by atoms with Crippen LogP contribution < -0.4 is 4.74 Å². The maximum atomic E-state index is 12.8. The van der Waals surface area contributed by atoms with Crippen LogP contribution in [0, 0.1) is 0 Å². The van der Waals surface area contributed by atoms with Crippen molar-refractivity contribution in [3.05, 3.63) is 59.7 Å². The van der Waals surface area contributed by atoms with Crippen molar-refractivity contribution in [1.82, 2.24) is 4.90 Å². The molecule has 0 aromatic heterocycles. The third-order valence-corrected chi connectivity index (χ3v) is 4.86. The molecule has 26 heavy (non-hydrogen) atoms. The van der Waals surface area contributed by atoms with E-state index in [1.54, 1.807) is 23.1 Å². The summed E-state index contributed by atoms with van der Waals surface area (Å²) in [6.07, 6.45) is 1.76. The van der Waals surface area contributed by atoms with Gasteiger partial charge in [0.25, 0.3) is 5.91 Å². The maximum Gasteiger partial charge on any atom is 0.291 e. The quantitative estimate of drug-likeness (QED) is 0.808. The van der Waals surface area contributed by atoms with Gasteiger partial charge in [0.2, 0.25) is 5.78 Å². The zero-order valence-electron chi connectivity index (χ0n) is 15.0. The predicted molar refractivity (Wildman–Crippen MR) is 98.2 cm³/mol. The Labute approximate surface area is 153 Å². The Hall–Kier alpha value is -2.82. The number of phenols is 1. The number of benzene rings is 2. The lowest BCUT2D eigenvalue weighted by Gasteiger charge is -2.28. The lowest BCUT2D eigenvalue weighted by molar-refractivity contribution is -0.140. The fourth-order valence-corrected chi connectivity index (χ4v) is 3.54. The Kier molecular flexibility index (Phi) is 5.26. The molecule has 136 valence electrons. The molecule has 1 N–H and O–H groups in total. The number of Topliss-reactive ketones (excluding diaryl/α,β-unsaturated/α-hetero) is 1. The Balaban J connectivity index is 2.10. The van der Waals surface area contributed by atoms with E-state index in [0.717, 1.165) is 24.0 Å². The lowest BCUT2D eigenvalue weighted by atomic mass is 9.86. The van der Waals surface area contributed by atoms with Crippen LogP contribution in [-0.4, -0.2) is 35.4 Å². The van der Waals surface area contributed by atoms with Crippen molar-refractivity contribution in [1.29, 1.82) is 0 Å². The molecule has 1 fully saturated rings. The van der Waals surface area contributed by atoms with Crippen LogP contribution in [0.1, 0.15) is 42.9 Å². The van der Waals surface area contributed by atoms with Gasteiger partial charge in [-0.15, -0.1) is 0 Å². The number of likely N-dealkylation sites (tertiary alicyclic amines) is 1. The normalized spacial score (nSPS) is 19.8. The summed E-state index contributed by atoms with van der Waals surface area (Å²) in [7, 11) is 1.48. The first-order chi connectivity index (χ1) is 12.6. The summed E-state index contributed by atoms with van der Waals surface area (Å²) < 4.78 is 5.22. The number of nitrogens with zero attached hydrogens (tertiary/aromatic N) is 1. The average Bonchev–Trinajstić information content (AvgIpc) is 2.92. The number of amides is 1. The second-order valence-electron chi connectivity index (χ2n) is 6.48. The number of carbonyl (C=O) groups excluding carboxylic acids is 2. The number of ketones is 1. The van der Waals surface area contributed by atoms with E-state index >= 15 is 0 Å². The summed E-state index contributed by atoms with van der Waals surface area (Å²) in [4.78, 5) is 27.2. The van der Waals surface area contributed by atoms with Gasteiger partial charge >= 0.3 is 0 Å². The molecule has 0 saturated carbocycles. The molecule has 1 amide bonds. The van der Waals surface area contributed by atoms with E-state index < -0.39 is 17.9 Å². The van der Waals surface area contributed by atoms with Crippen molar-refractivity contribution in [3.63, 3.8) is 0 Å². The van der Waals surface area contributed by atoms with Gasteiger partial charge in [-0.05, 0) is 29.7 Å². The van der Waals surface area contributed by atoms with Crippen LogP contribution >= 0.6 is 0 Å². The number of methoxy groups -OCH3 is 1. The second kappa shape index (κ2) is 7.60. The molecule has 5 nitrogen and oxygen atoms in total. The van der Waals surface area contributed by atoms with Crippen molar-refractivity contribution >= 4 is 11.7 Å². The van der Waals surface area contributed by atoms with Crippen LogP contribution in [0.3, 0.4) is 0 Å². The molecule has 1 aliphatic heterocycles. The number of carbonyl (C=O) groups is 2. The van der Waals surface area contributed by atoms with Crippen LogP contribution in [-0.2, 0) is 9.59 Å². The van der Waals surface area contributed by atoms with E-state index in [4.69, 9.17) is 4.74 Å². The number of hydrogen-bond donors (Lipinski definition) is 1. The maximum absolute atomic E-state index is 12.8. The van der Waals surface area contributed by atoms with Gasteiger partial charge in [0.05, 0.1) is 19.1 Å². The summed E-state index contributed by atoms with van der Waals surface area (Å²) in [6.45, 7) is 2.58. The topological polar surface area (TPSA) is 66.8 Å². The largest absolute Gasteiger partial charge is 0.504 e. The fraction of sp³-hybridized carbons (Fsp3) is 0.333. The van der Waals surface area contributed by atoms with Crippen molar-refractivity contribution in [2.75, 3.05) is 13.7 Å². The molecule has 3 rings (SSSR count). The summed E-state index contributed by atoms with van der Waals surface area (Å²) >= 11 is 0. The van der Waals surface area contributed by atoms with E-state index in [0.29, 0.717) is 12.3 Å². The molecule has 2 aromatic carbocycles. The molecular formula is C21H23NO4. The van der Waals surface area contributed by atoms with Gasteiger partial charge in [0.15, 0.2) is 11.5 Å². The Bertz CT molecular complexity index is 803. The van der Waals surface area contributed by atoms with E-state index in [1.165, 1.54) is 7.11 Å². The van der Waals surface area contributed by atoms with E-state index in [-0.39, 0.29) is 11.5 Å². The molecule has 1 saturated heterocycles. The smallest absolute Gasteiger partial charge is 0.291 e. The van der Waals surface area contributed by atoms with Crippen molar-refractivity contribution in [2.24, 2.45) is 0 Å². The molecule has 1 heterocycles. The lowest BCUT2D eigenvalue weighted by Crippen LogP contribution is -2.30. The number of aromatic hydroxyl groups is 1. The van der Waals surface area contributed by atoms with Crippen LogP contribution in [0.15, 0.2) is 48.5 Å². The first-order valence-corrected chi connectivity index (χ1v) is 8.85. The molecule has 1 aliphatic rings. The van der Waals surface area contributed by atoms with Crippen molar-refractivity contribution in [2.45, 2.75) is 31.7 Å². The van der Waals surface area contributed by atoms with Gasteiger partial charge < -0.3 is 14.7 Å². The van der Waals surface area contributed by atoms with Crippen LogP contribution in [0.25, 0.3) is 0 Å². The first kappa shape index (κ1) is 18.0. The van der Waals surface area contributed by atoms with Gasteiger partial charge in [0, 0.05) is 6.54 Å². The molecule has 0 spiro atoms. The molecular weight excluding hydrogens is 330 g/mol. The highest BCUT2D eigenvalue weighted by atomic mass is 16.5. The monoisotopic (exact) mass is 353 g/mol. The molecule has 2 atom stereocenters. The van der Waals surface area contributed by atoms with Gasteiger partial charge in [-0.25, -0.2) is 0 Å². The minimum absolute atomic E-state index is 0.0308. The third kappa shape index (κ3) is 3.17. The van der Waals surface area contributed by atoms with Gasteiger partial charge in [0.1, 0.15) is 0 Å². The van der Waals surface area contributed by atoms with E-state index in [1.807, 2.05) is 30.3 Å². The first-order valence-electron chi connectivity index (χ1n) is 8.85. The number of unbranched alkanes of at least 4 members (excludes halogenated alkanes) is 1. The highest BCUT2D eigenvalue weighted by Crippen LogP contribution is 2.44. The average molecular weight is 353 g/mol. The zero-order valence-corrected chi connectivity index (χ0v) is 15.0. The summed E-state index contributed by atoms with van der Waals surface area (Å²) in [5, 5.41) is 9.90. The third-order valence-electron chi connectivity index (χ3n) is 4.86. The zero-order chi connectivity index (χ0) is 18.7. The van der Waals surface area contributed by atoms with E-state index in [2.05, 4.69) is 6.92 Å². The number of rotatable bonds is 6. The summed E-state index contributed by atoms with van der Waals surface area (Å²) in [5.41, 5.74) is 1.60. The molecule has 0 radical (unpaired) electrons. The molecule has 0 bridgehead atoms. The number of ether oxygens (including phenoxy) is 1. The molecule has 0 aliphatic carbocycles. The van der Waals surface area contributed by atoms with Gasteiger partial charge in [-0.2, -0.15) is 0 Å². The number of phenolic OH excluding ortho intramolecular Hbond substituents is 1. The highest BCUT2D eigenvalue weighted by molar-refractivity contribution is 6.40. The van der Waals surface area contributed by atoms with Crippen LogP contribution in [0.2, 0.25) is 0 Å². The standard InChI is InChI=1S/C21H23NO4/c1-3-4-12-22-19(15-10-11-16(23)17(13-15)26-2)18(20(24)21(22)25)14-8-6-5-7-9-14/h5-11,13,18-19,23H,3-4,12H2,1-2H3. The SMILES string of the molecule is CCCCN1C(=O)C(=O)C(c2ccccc2)C1c1ccc(O)c(OC)c1. The van der Waals surface area contributed by atoms with Gasteiger partial charge in [-0.1, -0.05) is 49.7 Å². The molecule has 5 heteroatoms. The minimum Gasteiger partial charge on any atom is -0.504 e.